The van der Waals surface area contributed by atoms with E-state index in [2.05, 4.69) is 38.2 Å². The zero-order chi connectivity index (χ0) is 37.2. The quantitative estimate of drug-likeness (QED) is 0.0222. The Morgan fingerprint density at radius 3 is 1.32 bits per heavy atom. The molecule has 0 aromatic carbocycles. The fraction of sp³-hybridized carbons (Fsp3) is 0.857. The number of esters is 2. The van der Waals surface area contributed by atoms with Crippen LogP contribution in [0, 0.1) is 0 Å². The molecule has 5 heteroatoms. The van der Waals surface area contributed by atoms with Crippen LogP contribution in [0.25, 0.3) is 0 Å². The lowest BCUT2D eigenvalue weighted by Gasteiger charge is -2.28. The van der Waals surface area contributed by atoms with Crippen LogP contribution in [-0.4, -0.2) is 56.7 Å². The third kappa shape index (κ3) is 37.1. The van der Waals surface area contributed by atoms with Gasteiger partial charge in [0.15, 0.2) is 6.10 Å². The number of unbranched alkanes of at least 4 members (excludes halogenated alkanes) is 22. The Morgan fingerprint density at radius 2 is 0.915 bits per heavy atom. The fourth-order valence-corrected chi connectivity index (χ4v) is 5.82. The van der Waals surface area contributed by atoms with Gasteiger partial charge in [0, 0.05) is 12.8 Å². The summed E-state index contributed by atoms with van der Waals surface area (Å²) in [6.45, 7) is 2.17. The average Bonchev–Trinajstić information content (AvgIpc) is 3.06. The van der Waals surface area contributed by atoms with Crippen molar-refractivity contribution in [2.75, 3.05) is 34.2 Å². The normalized spacial score (nSPS) is 13.9. The molecule has 47 heavy (non-hydrogen) atoms. The van der Waals surface area contributed by atoms with Gasteiger partial charge in [0.05, 0.1) is 25.2 Å². The Balaban J connectivity index is 4.19. The number of carbonyl (C=O) groups excluding carboxylic acids is 2. The number of quaternary nitrogens is 1. The lowest BCUT2D eigenvalue weighted by atomic mass is 10.1. The maximum Gasteiger partial charge on any atom is 0.306 e. The maximum atomic E-state index is 12.7. The van der Waals surface area contributed by atoms with Crippen molar-refractivity contribution in [3.8, 4) is 0 Å². The highest BCUT2D eigenvalue weighted by Crippen LogP contribution is 2.13. The molecule has 0 amide bonds. The van der Waals surface area contributed by atoms with Gasteiger partial charge in [-0.3, -0.25) is 9.59 Å². The topological polar surface area (TPSA) is 52.6 Å². The number of hydrogen-bond acceptors (Lipinski definition) is 4. The first-order valence-electron chi connectivity index (χ1n) is 21.5. The van der Waals surface area contributed by atoms with E-state index in [1.54, 1.807) is 14.1 Å². The molecule has 0 aliphatic carbocycles. The molecular formula is C42H80NO4+. The van der Waals surface area contributed by atoms with Gasteiger partial charge in [-0.1, -0.05) is 141 Å². The molecule has 0 saturated heterocycles. The molecule has 0 aromatic rings. The molecule has 0 heterocycles. The number of likely N-dealkylation sites (N-methyl/N-ethyl adjacent to an activating group) is 1. The summed E-state index contributed by atoms with van der Waals surface area (Å²) in [7, 11) is 3.18. The van der Waals surface area contributed by atoms with E-state index in [0.717, 1.165) is 64.2 Å². The van der Waals surface area contributed by atoms with Crippen molar-refractivity contribution in [3.05, 3.63) is 24.3 Å². The zero-order valence-electron chi connectivity index (χ0n) is 34.7. The van der Waals surface area contributed by atoms with E-state index in [1.165, 1.54) is 103 Å². The largest absolute Gasteiger partial charge is 0.461 e. The number of hydrogen-bond donors (Lipinski definition) is 0. The van der Waals surface area contributed by atoms with E-state index in [9.17, 15) is 9.59 Å². The van der Waals surface area contributed by atoms with Gasteiger partial charge in [0.1, 0.15) is 13.2 Å². The lowest BCUT2D eigenvalue weighted by molar-refractivity contribution is -0.873. The summed E-state index contributed by atoms with van der Waals surface area (Å²) in [5.41, 5.74) is 0. The third-order valence-corrected chi connectivity index (χ3v) is 8.67. The number of carbonyl (C=O) groups is 2. The highest BCUT2D eigenvalue weighted by Gasteiger charge is 2.23. The molecule has 0 aromatic heterocycles. The number of rotatable bonds is 35. The van der Waals surface area contributed by atoms with Crippen molar-refractivity contribution in [1.29, 1.82) is 0 Å². The molecule has 0 aliphatic rings. The monoisotopic (exact) mass is 667 g/mol. The van der Waals surface area contributed by atoms with Gasteiger partial charge in [-0.15, -0.1) is 0 Å². The van der Waals surface area contributed by atoms with Gasteiger partial charge in [-0.05, 0) is 64.2 Å². The highest BCUT2D eigenvalue weighted by atomic mass is 16.6. The molecule has 1 unspecified atom stereocenters. The van der Waals surface area contributed by atoms with Gasteiger partial charge < -0.3 is 14.0 Å². The Hall–Kier alpha value is -1.62. The molecule has 0 rings (SSSR count). The summed E-state index contributed by atoms with van der Waals surface area (Å²) in [5.74, 6) is -0.674. The van der Waals surface area contributed by atoms with Gasteiger partial charge in [-0.2, -0.15) is 0 Å². The van der Waals surface area contributed by atoms with Crippen LogP contribution in [0.5, 0.6) is 0 Å². The summed E-state index contributed by atoms with van der Waals surface area (Å²) in [4.78, 5) is 25.1. The Labute approximate surface area is 297 Å². The lowest BCUT2D eigenvalue weighted by Crippen LogP contribution is -2.45. The molecule has 276 valence electrons. The van der Waals surface area contributed by atoms with E-state index in [4.69, 9.17) is 13.6 Å². The molecule has 0 N–H and O–H groups in total. The molecule has 0 aliphatic heterocycles. The van der Waals surface area contributed by atoms with Crippen LogP contribution in [0.15, 0.2) is 24.3 Å². The highest BCUT2D eigenvalue weighted by molar-refractivity contribution is 5.70. The third-order valence-electron chi connectivity index (χ3n) is 8.67. The molecule has 0 radical (unpaired) electrons. The Morgan fingerprint density at radius 1 is 0.553 bits per heavy atom. The van der Waals surface area contributed by atoms with Crippen LogP contribution in [0.2, 0.25) is 0 Å². The van der Waals surface area contributed by atoms with Gasteiger partial charge in [0.25, 0.3) is 0 Å². The second-order valence-corrected chi connectivity index (χ2v) is 14.3. The molecular weight excluding hydrogens is 583 g/mol. The van der Waals surface area contributed by atoms with Crippen LogP contribution < -0.4 is 0 Å². The van der Waals surface area contributed by atoms with E-state index < -0.39 is 13.1 Å². The van der Waals surface area contributed by atoms with Gasteiger partial charge in [0.2, 0.25) is 0 Å². The summed E-state index contributed by atoms with van der Waals surface area (Å²) in [6, 6.07) is 0. The van der Waals surface area contributed by atoms with Crippen LogP contribution in [0.3, 0.4) is 0 Å². The average molecular weight is 667 g/mol. The fourth-order valence-electron chi connectivity index (χ4n) is 5.82. The smallest absolute Gasteiger partial charge is 0.306 e. The SMILES string of the molecule is [2H][13C]([2H])([2H])[N+](C)(C)CC(COC(=O)CCCCCCC/C=C\CCCCCCCC)OC(=O)CCCCCCC/C=C\CCCCCCCC. The van der Waals surface area contributed by atoms with Crippen LogP contribution in [-0.2, 0) is 19.1 Å². The number of nitrogens with zero attached hydrogens (tertiary/aromatic N) is 1. The van der Waals surface area contributed by atoms with Crippen LogP contribution in [0.4, 0.5) is 0 Å². The zero-order valence-corrected chi connectivity index (χ0v) is 31.7. The van der Waals surface area contributed by atoms with E-state index in [-0.39, 0.29) is 29.6 Å². The Kier molecular flexibility index (Phi) is 29.0. The summed E-state index contributed by atoms with van der Waals surface area (Å²) in [6.07, 6.45) is 40.1. The minimum absolute atomic E-state index is 0.0509. The minimum Gasteiger partial charge on any atom is -0.461 e. The number of ether oxygens (including phenoxy) is 2. The first kappa shape index (κ1) is 39.8. The molecule has 1 atom stereocenters. The molecule has 0 fully saturated rings. The van der Waals surface area contributed by atoms with Gasteiger partial charge in [-0.25, -0.2) is 0 Å². The Bertz CT molecular complexity index is 856. The van der Waals surface area contributed by atoms with Crippen molar-refractivity contribution in [2.24, 2.45) is 0 Å². The predicted octanol–water partition coefficient (Wildman–Crippen LogP) is 12.2. The van der Waals surface area contributed by atoms with E-state index in [0.29, 0.717) is 12.8 Å². The molecule has 0 spiro atoms. The molecule has 5 nitrogen and oxygen atoms in total. The molecule has 0 bridgehead atoms. The summed E-state index contributed by atoms with van der Waals surface area (Å²) >= 11 is 0. The first-order valence-corrected chi connectivity index (χ1v) is 20.0. The van der Waals surface area contributed by atoms with Crippen LogP contribution >= 0.6 is 0 Å². The standard InChI is InChI=1S/C42H80NO4/c1-6-8-10-12-14-16-18-20-22-24-26-28-30-32-34-36-41(44)46-39-40(38-43(3,4)5)47-42(45)37-35-33-31-29-27-25-23-21-19-17-15-13-11-9-7-2/h20-23,40H,6-19,24-39H2,1-5H3/q+1/b22-20-,23-21-/i3+1D3. The van der Waals surface area contributed by atoms with Crippen molar-refractivity contribution in [1.82, 2.24) is 0 Å². The molecule has 0 saturated carbocycles. The van der Waals surface area contributed by atoms with Gasteiger partial charge >= 0.3 is 11.9 Å². The van der Waals surface area contributed by atoms with Crippen LogP contribution in [0.1, 0.15) is 198 Å². The number of allylic oxidation sites excluding steroid dienone is 4. The van der Waals surface area contributed by atoms with E-state index >= 15 is 0 Å². The summed E-state index contributed by atoms with van der Waals surface area (Å²) < 4.78 is 34.5. The predicted molar refractivity (Wildman–Crippen MR) is 203 cm³/mol. The van der Waals surface area contributed by atoms with Crippen molar-refractivity contribution < 1.29 is 27.7 Å². The maximum absolute atomic E-state index is 12.7. The first-order chi connectivity index (χ1) is 24.0. The summed E-state index contributed by atoms with van der Waals surface area (Å²) in [5, 5.41) is 0. The second-order valence-electron chi connectivity index (χ2n) is 14.3. The van der Waals surface area contributed by atoms with Crippen molar-refractivity contribution in [3.63, 3.8) is 0 Å². The van der Waals surface area contributed by atoms with E-state index in [1.807, 2.05) is 0 Å². The van der Waals surface area contributed by atoms with Crippen molar-refractivity contribution in [2.45, 2.75) is 200 Å². The van der Waals surface area contributed by atoms with Crippen molar-refractivity contribution >= 4 is 11.9 Å². The second kappa shape index (κ2) is 34.3. The minimum atomic E-state index is -2.28.